The van der Waals surface area contributed by atoms with E-state index in [2.05, 4.69) is 20.6 Å². The predicted molar refractivity (Wildman–Crippen MR) is 68.0 cm³/mol. The Morgan fingerprint density at radius 1 is 1.44 bits per heavy atom. The molecule has 18 heavy (non-hydrogen) atoms. The number of nitrogens with one attached hydrogen (secondary N) is 2. The first-order chi connectivity index (χ1) is 8.62. The van der Waals surface area contributed by atoms with Crippen LogP contribution in [0.25, 0.3) is 0 Å². The van der Waals surface area contributed by atoms with Crippen LogP contribution in [0.3, 0.4) is 0 Å². The third kappa shape index (κ3) is 3.54. The van der Waals surface area contributed by atoms with Gasteiger partial charge in [0.2, 0.25) is 11.9 Å². The first kappa shape index (κ1) is 14.1. The summed E-state index contributed by atoms with van der Waals surface area (Å²) in [7, 11) is 1.64. The molecule has 1 aromatic rings. The molecule has 0 radical (unpaired) electrons. The molecule has 0 bridgehead atoms. The van der Waals surface area contributed by atoms with Gasteiger partial charge in [0.15, 0.2) is 11.6 Å². The Morgan fingerprint density at radius 3 is 2.67 bits per heavy atom. The van der Waals surface area contributed by atoms with Crippen LogP contribution in [0.4, 0.5) is 16.2 Å². The van der Waals surface area contributed by atoms with E-state index in [1.165, 1.54) is 0 Å². The molecule has 0 aliphatic rings. The summed E-state index contributed by atoms with van der Waals surface area (Å²) < 4.78 is 13.4. The van der Waals surface area contributed by atoms with Crippen molar-refractivity contribution in [2.75, 3.05) is 37.3 Å². The van der Waals surface area contributed by atoms with E-state index in [0.29, 0.717) is 19.0 Å². The van der Waals surface area contributed by atoms with Crippen molar-refractivity contribution in [3.63, 3.8) is 0 Å². The smallest absolute Gasteiger partial charge is 0.241 e. The quantitative estimate of drug-likeness (QED) is 0.791. The number of anilines is 2. The molecular formula is C11H18FN5O. The normalized spacial score (nSPS) is 10.0. The summed E-state index contributed by atoms with van der Waals surface area (Å²) in [5.41, 5.74) is 0. The molecule has 0 spiro atoms. The second-order valence-corrected chi connectivity index (χ2v) is 3.56. The van der Waals surface area contributed by atoms with Crippen LogP contribution in [-0.2, 0) is 4.79 Å². The lowest BCUT2D eigenvalue weighted by atomic mass is 10.4. The molecule has 7 heteroatoms. The van der Waals surface area contributed by atoms with E-state index in [-0.39, 0.29) is 18.3 Å². The highest BCUT2D eigenvalue weighted by atomic mass is 19.1. The SMILES string of the molecule is CCN(CC)C(=O)CNc1nc(NC)ncc1F. The van der Waals surface area contributed by atoms with E-state index in [1.807, 2.05) is 13.8 Å². The number of amides is 1. The van der Waals surface area contributed by atoms with Crippen LogP contribution in [0.5, 0.6) is 0 Å². The van der Waals surface area contributed by atoms with Crippen molar-refractivity contribution in [1.29, 1.82) is 0 Å². The Morgan fingerprint density at radius 2 is 2.11 bits per heavy atom. The van der Waals surface area contributed by atoms with Gasteiger partial charge in [0, 0.05) is 20.1 Å². The summed E-state index contributed by atoms with van der Waals surface area (Å²) in [4.78, 5) is 21.0. The molecule has 1 heterocycles. The van der Waals surface area contributed by atoms with Crippen LogP contribution in [0, 0.1) is 5.82 Å². The Kier molecular flexibility index (Phi) is 5.29. The minimum atomic E-state index is -0.582. The van der Waals surface area contributed by atoms with Crippen molar-refractivity contribution >= 4 is 17.7 Å². The van der Waals surface area contributed by atoms with Gasteiger partial charge >= 0.3 is 0 Å². The standard InChI is InChI=1S/C11H18FN5O/c1-4-17(5-2)9(18)7-14-10-8(12)6-15-11(13-3)16-10/h6H,4-5,7H2,1-3H3,(H2,13,14,15,16). The topological polar surface area (TPSA) is 70.2 Å². The highest BCUT2D eigenvalue weighted by Gasteiger charge is 2.11. The average Bonchev–Trinajstić information content (AvgIpc) is 2.39. The largest absolute Gasteiger partial charge is 0.358 e. The van der Waals surface area contributed by atoms with Crippen LogP contribution in [-0.4, -0.2) is 47.5 Å². The van der Waals surface area contributed by atoms with Crippen LogP contribution >= 0.6 is 0 Å². The Balaban J connectivity index is 2.65. The predicted octanol–water partition coefficient (Wildman–Crippen LogP) is 0.938. The number of rotatable bonds is 6. The molecule has 0 fully saturated rings. The summed E-state index contributed by atoms with van der Waals surface area (Å²) in [5.74, 6) is -0.352. The summed E-state index contributed by atoms with van der Waals surface area (Å²) in [6.45, 7) is 5.06. The fourth-order valence-corrected chi connectivity index (χ4v) is 1.46. The summed E-state index contributed by atoms with van der Waals surface area (Å²) in [6, 6.07) is 0. The molecule has 1 rings (SSSR count). The molecule has 0 unspecified atom stereocenters. The molecule has 6 nitrogen and oxygen atoms in total. The van der Waals surface area contributed by atoms with Crippen molar-refractivity contribution < 1.29 is 9.18 Å². The highest BCUT2D eigenvalue weighted by molar-refractivity contribution is 5.80. The third-order valence-electron chi connectivity index (χ3n) is 2.49. The first-order valence-electron chi connectivity index (χ1n) is 5.84. The summed E-state index contributed by atoms with van der Waals surface area (Å²) in [5, 5.41) is 5.38. The van der Waals surface area contributed by atoms with E-state index in [0.717, 1.165) is 6.20 Å². The third-order valence-corrected chi connectivity index (χ3v) is 2.49. The molecule has 2 N–H and O–H groups in total. The molecule has 1 amide bonds. The van der Waals surface area contributed by atoms with Gasteiger partial charge in [-0.15, -0.1) is 0 Å². The van der Waals surface area contributed by atoms with Gasteiger partial charge in [-0.3, -0.25) is 4.79 Å². The Hall–Kier alpha value is -1.92. The average molecular weight is 255 g/mol. The number of nitrogens with zero attached hydrogens (tertiary/aromatic N) is 3. The van der Waals surface area contributed by atoms with Gasteiger partial charge in [-0.2, -0.15) is 4.98 Å². The maximum Gasteiger partial charge on any atom is 0.241 e. The molecule has 0 aromatic carbocycles. The lowest BCUT2D eigenvalue weighted by Gasteiger charge is -2.19. The molecule has 0 aliphatic carbocycles. The summed E-state index contributed by atoms with van der Waals surface area (Å²) >= 11 is 0. The lowest BCUT2D eigenvalue weighted by Crippen LogP contribution is -2.35. The van der Waals surface area contributed by atoms with Crippen molar-refractivity contribution in [2.45, 2.75) is 13.8 Å². The maximum absolute atomic E-state index is 13.4. The van der Waals surface area contributed by atoms with Gasteiger partial charge in [0.1, 0.15) is 0 Å². The monoisotopic (exact) mass is 255 g/mol. The maximum atomic E-state index is 13.4. The number of carbonyl (C=O) groups excluding carboxylic acids is 1. The van der Waals surface area contributed by atoms with Crippen molar-refractivity contribution in [3.8, 4) is 0 Å². The first-order valence-corrected chi connectivity index (χ1v) is 5.84. The molecule has 100 valence electrons. The van der Waals surface area contributed by atoms with Crippen molar-refractivity contribution in [3.05, 3.63) is 12.0 Å². The fraction of sp³-hybridized carbons (Fsp3) is 0.545. The Bertz CT molecular complexity index is 408. The number of hydrogen-bond acceptors (Lipinski definition) is 5. The molecule has 0 saturated heterocycles. The van der Waals surface area contributed by atoms with Crippen LogP contribution in [0.2, 0.25) is 0 Å². The Labute approximate surface area is 106 Å². The van der Waals surface area contributed by atoms with Gasteiger partial charge in [0.25, 0.3) is 0 Å². The molecule has 1 aromatic heterocycles. The lowest BCUT2D eigenvalue weighted by molar-refractivity contribution is -0.128. The van der Waals surface area contributed by atoms with Crippen molar-refractivity contribution in [2.24, 2.45) is 0 Å². The van der Waals surface area contributed by atoms with Crippen molar-refractivity contribution in [1.82, 2.24) is 14.9 Å². The van der Waals surface area contributed by atoms with Gasteiger partial charge in [0.05, 0.1) is 12.7 Å². The summed E-state index contributed by atoms with van der Waals surface area (Å²) in [6.07, 6.45) is 1.06. The minimum Gasteiger partial charge on any atom is -0.358 e. The minimum absolute atomic E-state index is 0.0127. The zero-order valence-corrected chi connectivity index (χ0v) is 10.8. The molecule has 0 aliphatic heterocycles. The van der Waals surface area contributed by atoms with Gasteiger partial charge in [-0.1, -0.05) is 0 Å². The highest BCUT2D eigenvalue weighted by Crippen LogP contribution is 2.11. The van der Waals surface area contributed by atoms with Crippen LogP contribution in [0.15, 0.2) is 6.20 Å². The van der Waals surface area contributed by atoms with E-state index < -0.39 is 5.82 Å². The second-order valence-electron chi connectivity index (χ2n) is 3.56. The van der Waals surface area contributed by atoms with Gasteiger partial charge in [-0.25, -0.2) is 9.37 Å². The van der Waals surface area contributed by atoms with E-state index >= 15 is 0 Å². The van der Waals surface area contributed by atoms with E-state index in [9.17, 15) is 9.18 Å². The number of halogens is 1. The zero-order valence-electron chi connectivity index (χ0n) is 10.8. The second kappa shape index (κ2) is 6.73. The number of hydrogen-bond donors (Lipinski definition) is 2. The van der Waals surface area contributed by atoms with Crippen LogP contribution in [0.1, 0.15) is 13.8 Å². The molecule has 0 saturated carbocycles. The number of likely N-dealkylation sites (N-methyl/N-ethyl adjacent to an activating group) is 1. The molecule has 0 atom stereocenters. The number of carbonyl (C=O) groups is 1. The van der Waals surface area contributed by atoms with E-state index in [1.54, 1.807) is 11.9 Å². The van der Waals surface area contributed by atoms with E-state index in [4.69, 9.17) is 0 Å². The van der Waals surface area contributed by atoms with Crippen LogP contribution < -0.4 is 10.6 Å². The molecular weight excluding hydrogens is 237 g/mol. The zero-order chi connectivity index (χ0) is 13.5. The van der Waals surface area contributed by atoms with Gasteiger partial charge < -0.3 is 15.5 Å². The fourth-order valence-electron chi connectivity index (χ4n) is 1.46. The number of aromatic nitrogens is 2. The van der Waals surface area contributed by atoms with Gasteiger partial charge in [-0.05, 0) is 13.8 Å².